The summed E-state index contributed by atoms with van der Waals surface area (Å²) in [6, 6.07) is 26.0. The molecule has 0 aliphatic carbocycles. The van der Waals surface area contributed by atoms with E-state index in [2.05, 4.69) is 65.5 Å². The molecule has 2 aromatic heterocycles. The van der Waals surface area contributed by atoms with Crippen LogP contribution in [0.25, 0.3) is 22.2 Å². The van der Waals surface area contributed by atoms with Crippen LogP contribution in [0.1, 0.15) is 67.0 Å². The van der Waals surface area contributed by atoms with Gasteiger partial charge in [0.1, 0.15) is 12.6 Å². The van der Waals surface area contributed by atoms with E-state index >= 15 is 0 Å². The van der Waals surface area contributed by atoms with E-state index in [1.54, 1.807) is 6.20 Å². The first-order valence-corrected chi connectivity index (χ1v) is 16.9. The quantitative estimate of drug-likeness (QED) is 0.112. The number of fused-ring (bicyclic) bond motifs is 1. The molecule has 0 saturated carbocycles. The van der Waals surface area contributed by atoms with Crippen LogP contribution in [-0.2, 0) is 43.9 Å². The van der Waals surface area contributed by atoms with Gasteiger partial charge in [0.05, 0.1) is 12.0 Å². The van der Waals surface area contributed by atoms with Crippen molar-refractivity contribution in [3.05, 3.63) is 125 Å². The molecule has 48 heavy (non-hydrogen) atoms. The predicted octanol–water partition coefficient (Wildman–Crippen LogP) is 7.95. The smallest absolute Gasteiger partial charge is 0.323 e. The number of pyridine rings is 1. The molecule has 0 spiro atoms. The number of hydrogen-bond donors (Lipinski definition) is 2. The largest absolute Gasteiger partial charge is 0.465 e. The van der Waals surface area contributed by atoms with Crippen LogP contribution in [-0.4, -0.2) is 41.1 Å². The Morgan fingerprint density at radius 2 is 1.65 bits per heavy atom. The van der Waals surface area contributed by atoms with E-state index in [9.17, 15) is 9.59 Å². The Kier molecular flexibility index (Phi) is 11.5. The number of carbonyl (C=O) groups excluding carboxylic acids is 2. The van der Waals surface area contributed by atoms with Crippen LogP contribution >= 0.6 is 0 Å². The fourth-order valence-corrected chi connectivity index (χ4v) is 6.25. The summed E-state index contributed by atoms with van der Waals surface area (Å²) in [5.41, 5.74) is 8.85. The number of H-pyrrole nitrogens is 1. The van der Waals surface area contributed by atoms with Gasteiger partial charge in [0.25, 0.3) is 0 Å². The van der Waals surface area contributed by atoms with Gasteiger partial charge in [-0.2, -0.15) is 0 Å². The van der Waals surface area contributed by atoms with Crippen LogP contribution in [0.15, 0.2) is 91.3 Å². The third-order valence-electron chi connectivity index (χ3n) is 8.88. The number of benzene rings is 3. The van der Waals surface area contributed by atoms with E-state index in [0.29, 0.717) is 26.0 Å². The van der Waals surface area contributed by atoms with Gasteiger partial charge in [-0.25, -0.2) is 0 Å². The third-order valence-corrected chi connectivity index (χ3v) is 8.88. The van der Waals surface area contributed by atoms with Gasteiger partial charge in [-0.1, -0.05) is 59.7 Å². The van der Waals surface area contributed by atoms with Crippen molar-refractivity contribution in [2.45, 2.75) is 78.4 Å². The van der Waals surface area contributed by atoms with E-state index < -0.39 is 11.5 Å². The van der Waals surface area contributed by atoms with Crippen LogP contribution in [0.3, 0.4) is 0 Å². The molecule has 0 aliphatic rings. The molecular weight excluding hydrogens is 598 g/mol. The van der Waals surface area contributed by atoms with Gasteiger partial charge in [0, 0.05) is 35.5 Å². The fraction of sp³-hybridized carbons (Fsp3) is 0.341. The number of carbonyl (C=O) groups is 2. The van der Waals surface area contributed by atoms with E-state index in [1.165, 1.54) is 11.1 Å². The maximum atomic E-state index is 13.5. The van der Waals surface area contributed by atoms with Crippen LogP contribution in [0.2, 0.25) is 0 Å². The molecule has 0 bridgehead atoms. The molecule has 0 saturated heterocycles. The summed E-state index contributed by atoms with van der Waals surface area (Å²) in [6.07, 6.45) is 6.59. The van der Waals surface area contributed by atoms with E-state index in [1.807, 2.05) is 69.4 Å². The zero-order valence-corrected chi connectivity index (χ0v) is 28.8. The molecule has 5 rings (SSSR count). The Morgan fingerprint density at radius 1 is 0.896 bits per heavy atom. The van der Waals surface area contributed by atoms with Crippen molar-refractivity contribution in [3.8, 4) is 11.3 Å². The van der Waals surface area contributed by atoms with Crippen molar-refractivity contribution in [1.82, 2.24) is 15.3 Å². The third kappa shape index (κ3) is 8.58. The summed E-state index contributed by atoms with van der Waals surface area (Å²) < 4.78 is 11.2. The molecular formula is C41H47N3O4. The van der Waals surface area contributed by atoms with Gasteiger partial charge < -0.3 is 19.8 Å². The average molecular weight is 646 g/mol. The van der Waals surface area contributed by atoms with Crippen LogP contribution < -0.4 is 5.32 Å². The highest BCUT2D eigenvalue weighted by atomic mass is 16.5. The van der Waals surface area contributed by atoms with Crippen LogP contribution in [0, 0.1) is 13.8 Å². The summed E-state index contributed by atoms with van der Waals surface area (Å²) in [7, 11) is 0. The van der Waals surface area contributed by atoms with Gasteiger partial charge in [0.15, 0.2) is 0 Å². The molecule has 1 atom stereocenters. The fourth-order valence-electron chi connectivity index (χ4n) is 6.25. The second kappa shape index (κ2) is 15.9. The Balaban J connectivity index is 1.41. The highest BCUT2D eigenvalue weighted by Crippen LogP contribution is 2.35. The lowest BCUT2D eigenvalue weighted by Gasteiger charge is -2.23. The maximum absolute atomic E-state index is 13.5. The Morgan fingerprint density at radius 3 is 2.35 bits per heavy atom. The van der Waals surface area contributed by atoms with Gasteiger partial charge in [-0.15, -0.1) is 0 Å². The zero-order chi connectivity index (χ0) is 34.1. The molecule has 3 aromatic carbocycles. The molecule has 2 heterocycles. The number of rotatable bonds is 15. The lowest BCUT2D eigenvalue weighted by Crippen LogP contribution is -2.39. The van der Waals surface area contributed by atoms with Crippen molar-refractivity contribution in [2.24, 2.45) is 0 Å². The van der Waals surface area contributed by atoms with Crippen molar-refractivity contribution in [2.75, 3.05) is 13.2 Å². The van der Waals surface area contributed by atoms with Crippen LogP contribution in [0.5, 0.6) is 0 Å². The molecule has 0 aliphatic heterocycles. The van der Waals surface area contributed by atoms with Gasteiger partial charge >= 0.3 is 11.9 Å². The molecule has 0 radical (unpaired) electrons. The first-order valence-electron chi connectivity index (χ1n) is 16.9. The minimum absolute atomic E-state index is 0.235. The lowest BCUT2D eigenvalue weighted by atomic mass is 9.83. The lowest BCUT2D eigenvalue weighted by molar-refractivity contribution is -0.149. The highest BCUT2D eigenvalue weighted by Gasteiger charge is 2.32. The summed E-state index contributed by atoms with van der Waals surface area (Å²) in [5.74, 6) is -0.502. The average Bonchev–Trinajstić information content (AvgIpc) is 3.45. The second-order valence-electron chi connectivity index (χ2n) is 13.1. The first-order chi connectivity index (χ1) is 23.2. The minimum atomic E-state index is -0.807. The van der Waals surface area contributed by atoms with Crippen molar-refractivity contribution < 1.29 is 19.1 Å². The molecule has 7 heteroatoms. The number of nitrogens with zero attached hydrogens (tertiary/aromatic N) is 1. The predicted molar refractivity (Wildman–Crippen MR) is 192 cm³/mol. The zero-order valence-electron chi connectivity index (χ0n) is 28.8. The number of aromatic amines is 1. The molecule has 2 N–H and O–H groups in total. The number of aromatic nitrogens is 2. The number of aryl methyl sites for hydroxylation is 3. The Hall–Kier alpha value is -4.75. The summed E-state index contributed by atoms with van der Waals surface area (Å²) in [4.78, 5) is 34.3. The molecule has 1 unspecified atom stereocenters. The minimum Gasteiger partial charge on any atom is -0.465 e. The number of hydrogen-bond acceptors (Lipinski definition) is 6. The van der Waals surface area contributed by atoms with Crippen LogP contribution in [0.4, 0.5) is 0 Å². The van der Waals surface area contributed by atoms with E-state index in [-0.39, 0.29) is 18.5 Å². The monoisotopic (exact) mass is 645 g/mol. The van der Waals surface area contributed by atoms with Crippen molar-refractivity contribution in [1.29, 1.82) is 0 Å². The topological polar surface area (TPSA) is 93.3 Å². The molecule has 0 amide bonds. The second-order valence-corrected chi connectivity index (χ2v) is 13.1. The summed E-state index contributed by atoms with van der Waals surface area (Å²) in [6.45, 7) is 11.0. The summed E-state index contributed by atoms with van der Waals surface area (Å²) >= 11 is 0. The van der Waals surface area contributed by atoms with E-state index in [0.717, 1.165) is 57.3 Å². The SMILES string of the molecule is CCOC(=O)C(C)(C)c1ccc2[nH]c(-c3cc(C)cc(C)c3)c(CCNC(CCCc3cccnc3)C(=O)OCc3ccccc3)c2c1. The van der Waals surface area contributed by atoms with Gasteiger partial charge in [-0.3, -0.25) is 14.6 Å². The molecule has 7 nitrogen and oxygen atoms in total. The van der Waals surface area contributed by atoms with Crippen molar-refractivity contribution in [3.63, 3.8) is 0 Å². The van der Waals surface area contributed by atoms with E-state index in [4.69, 9.17) is 9.47 Å². The maximum Gasteiger partial charge on any atom is 0.323 e. The standard InChI is InChI=1S/C41H47N3O4/c1-6-47-40(46)41(4,5)33-17-18-36-35(25-33)34(38(44-36)32-23-28(2)22-29(3)24-32)19-21-43-37(16-10-14-30-15-11-20-42-26-30)39(45)48-27-31-12-8-7-9-13-31/h7-9,11-13,15,17-18,20,22-26,37,43-44H,6,10,14,16,19,21,27H2,1-5H3. The normalized spacial score (nSPS) is 12.2. The van der Waals surface area contributed by atoms with Gasteiger partial charge in [-0.05, 0) is 118 Å². The van der Waals surface area contributed by atoms with Gasteiger partial charge in [0.2, 0.25) is 0 Å². The number of ether oxygens (including phenoxy) is 2. The van der Waals surface area contributed by atoms with Crippen molar-refractivity contribution >= 4 is 22.8 Å². The molecule has 5 aromatic rings. The molecule has 0 fully saturated rings. The first kappa shape index (κ1) is 34.6. The summed E-state index contributed by atoms with van der Waals surface area (Å²) in [5, 5.41) is 4.60. The Labute approximate surface area is 284 Å². The highest BCUT2D eigenvalue weighted by molar-refractivity contribution is 5.93. The molecule has 250 valence electrons. The Bertz CT molecular complexity index is 1810. The number of nitrogens with one attached hydrogen (secondary N) is 2. The number of esters is 2.